The van der Waals surface area contributed by atoms with E-state index >= 15 is 0 Å². The van der Waals surface area contributed by atoms with Gasteiger partial charge in [-0.05, 0) is 53.4 Å². The Kier molecular flexibility index (Phi) is 5.90. The molecule has 1 heterocycles. The van der Waals surface area contributed by atoms with E-state index in [1.165, 1.54) is 12.8 Å². The van der Waals surface area contributed by atoms with E-state index in [1.54, 1.807) is 14.2 Å². The van der Waals surface area contributed by atoms with Crippen LogP contribution in [0.3, 0.4) is 0 Å². The van der Waals surface area contributed by atoms with Gasteiger partial charge in [0.1, 0.15) is 11.5 Å². The Morgan fingerprint density at radius 2 is 2.00 bits per heavy atom. The van der Waals surface area contributed by atoms with E-state index in [9.17, 15) is 0 Å². The number of ether oxygens (including phenoxy) is 2. The third-order valence-electron chi connectivity index (χ3n) is 4.30. The highest BCUT2D eigenvalue weighted by Crippen LogP contribution is 2.34. The zero-order chi connectivity index (χ0) is 15.4. The summed E-state index contributed by atoms with van der Waals surface area (Å²) in [7, 11) is 3.39. The summed E-state index contributed by atoms with van der Waals surface area (Å²) in [4.78, 5) is 2.46. The third kappa shape index (κ3) is 3.90. The predicted octanol–water partition coefficient (Wildman–Crippen LogP) is 3.03. The molecule has 0 aliphatic carbocycles. The molecule has 1 aromatic carbocycles. The topological polar surface area (TPSA) is 47.7 Å². The minimum Gasteiger partial charge on any atom is -0.496 e. The molecule has 0 spiro atoms. The van der Waals surface area contributed by atoms with Gasteiger partial charge >= 0.3 is 0 Å². The second-order valence-electron chi connectivity index (χ2n) is 5.79. The largest absolute Gasteiger partial charge is 0.496 e. The van der Waals surface area contributed by atoms with E-state index in [1.807, 2.05) is 6.07 Å². The van der Waals surface area contributed by atoms with Crippen molar-refractivity contribution in [1.29, 1.82) is 0 Å². The van der Waals surface area contributed by atoms with Gasteiger partial charge in [-0.3, -0.25) is 4.90 Å². The third-order valence-corrected chi connectivity index (χ3v) is 4.92. The van der Waals surface area contributed by atoms with Crippen LogP contribution in [0.25, 0.3) is 0 Å². The summed E-state index contributed by atoms with van der Waals surface area (Å²) in [5.41, 5.74) is 7.10. The highest BCUT2D eigenvalue weighted by molar-refractivity contribution is 9.10. The molecule has 1 aromatic rings. The lowest BCUT2D eigenvalue weighted by Gasteiger charge is -2.38. The highest BCUT2D eigenvalue weighted by atomic mass is 79.9. The fraction of sp³-hybridized carbons (Fsp3) is 0.625. The Morgan fingerprint density at radius 3 is 2.62 bits per heavy atom. The van der Waals surface area contributed by atoms with Crippen LogP contribution in [0.4, 0.5) is 0 Å². The van der Waals surface area contributed by atoms with E-state index in [-0.39, 0.29) is 0 Å². The molecule has 1 aliphatic rings. The second kappa shape index (κ2) is 7.47. The molecule has 118 valence electrons. The molecule has 2 unspecified atom stereocenters. The van der Waals surface area contributed by atoms with Crippen molar-refractivity contribution < 1.29 is 9.47 Å². The van der Waals surface area contributed by atoms with Crippen LogP contribution >= 0.6 is 15.9 Å². The van der Waals surface area contributed by atoms with Crippen molar-refractivity contribution in [2.75, 3.05) is 27.3 Å². The molecule has 0 amide bonds. The van der Waals surface area contributed by atoms with Crippen LogP contribution < -0.4 is 15.2 Å². The molecular formula is C16H25BrN2O2. The number of piperidine rings is 1. The van der Waals surface area contributed by atoms with Gasteiger partial charge in [-0.25, -0.2) is 0 Å². The number of hydrogen-bond acceptors (Lipinski definition) is 4. The van der Waals surface area contributed by atoms with Crippen LogP contribution in [0.15, 0.2) is 16.6 Å². The number of nitrogens with zero attached hydrogens (tertiary/aromatic N) is 1. The van der Waals surface area contributed by atoms with Gasteiger partial charge in [0.25, 0.3) is 0 Å². The standard InChI is InChI=1S/C16H25BrN2O2/c1-11-4-5-19(13(6-11)9-18)10-12-7-16(21-3)14(17)8-15(12)20-2/h7-8,11,13H,4-6,9-10,18H2,1-3H3. The van der Waals surface area contributed by atoms with Gasteiger partial charge in [-0.1, -0.05) is 6.92 Å². The van der Waals surface area contributed by atoms with Crippen molar-refractivity contribution in [3.63, 3.8) is 0 Å². The Morgan fingerprint density at radius 1 is 1.29 bits per heavy atom. The van der Waals surface area contributed by atoms with E-state index in [4.69, 9.17) is 15.2 Å². The van der Waals surface area contributed by atoms with Gasteiger partial charge in [0.05, 0.1) is 18.7 Å². The van der Waals surface area contributed by atoms with E-state index < -0.39 is 0 Å². The number of methoxy groups -OCH3 is 2. The average molecular weight is 357 g/mol. The van der Waals surface area contributed by atoms with Crippen LogP contribution in [-0.2, 0) is 6.54 Å². The molecule has 1 saturated heterocycles. The molecule has 2 N–H and O–H groups in total. The first-order valence-electron chi connectivity index (χ1n) is 7.43. The minimum atomic E-state index is 0.452. The molecule has 1 aliphatic heterocycles. The summed E-state index contributed by atoms with van der Waals surface area (Å²) in [5, 5.41) is 0. The Labute approximate surface area is 135 Å². The maximum Gasteiger partial charge on any atom is 0.133 e. The molecule has 4 nitrogen and oxygen atoms in total. The number of benzene rings is 1. The number of likely N-dealkylation sites (tertiary alicyclic amines) is 1. The lowest BCUT2D eigenvalue weighted by atomic mass is 9.92. The first kappa shape index (κ1) is 16.6. The highest BCUT2D eigenvalue weighted by Gasteiger charge is 2.26. The summed E-state index contributed by atoms with van der Waals surface area (Å²) in [5.74, 6) is 2.48. The van der Waals surface area contributed by atoms with Crippen molar-refractivity contribution in [3.05, 3.63) is 22.2 Å². The van der Waals surface area contributed by atoms with Crippen LogP contribution in [0.2, 0.25) is 0 Å². The SMILES string of the molecule is COc1cc(CN2CCC(C)CC2CN)c(OC)cc1Br. The Balaban J connectivity index is 2.21. The van der Waals surface area contributed by atoms with Crippen molar-refractivity contribution in [2.45, 2.75) is 32.4 Å². The fourth-order valence-electron chi connectivity index (χ4n) is 3.02. The first-order chi connectivity index (χ1) is 10.1. The van der Waals surface area contributed by atoms with Crippen molar-refractivity contribution in [3.8, 4) is 11.5 Å². The van der Waals surface area contributed by atoms with E-state index in [0.29, 0.717) is 12.6 Å². The van der Waals surface area contributed by atoms with Gasteiger partial charge in [0.15, 0.2) is 0 Å². The maximum absolute atomic E-state index is 5.96. The maximum atomic E-state index is 5.96. The molecular weight excluding hydrogens is 332 g/mol. The molecule has 2 atom stereocenters. The van der Waals surface area contributed by atoms with E-state index in [2.05, 4.69) is 33.8 Å². The Hall–Kier alpha value is -0.780. The normalized spacial score (nSPS) is 23.1. The zero-order valence-corrected chi connectivity index (χ0v) is 14.6. The summed E-state index contributed by atoms with van der Waals surface area (Å²) in [6.45, 7) is 4.95. The quantitative estimate of drug-likeness (QED) is 0.880. The predicted molar refractivity (Wildman–Crippen MR) is 88.9 cm³/mol. The molecule has 5 heteroatoms. The smallest absolute Gasteiger partial charge is 0.133 e. The number of hydrogen-bond donors (Lipinski definition) is 1. The summed E-state index contributed by atoms with van der Waals surface area (Å²) in [6, 6.07) is 4.47. The van der Waals surface area contributed by atoms with Crippen LogP contribution in [0.5, 0.6) is 11.5 Å². The molecule has 0 bridgehead atoms. The Bertz CT molecular complexity index is 482. The van der Waals surface area contributed by atoms with Crippen LogP contribution in [0.1, 0.15) is 25.3 Å². The second-order valence-corrected chi connectivity index (χ2v) is 6.64. The van der Waals surface area contributed by atoms with Gasteiger partial charge in [-0.15, -0.1) is 0 Å². The molecule has 21 heavy (non-hydrogen) atoms. The monoisotopic (exact) mass is 356 g/mol. The van der Waals surface area contributed by atoms with Gasteiger partial charge in [-0.2, -0.15) is 0 Å². The zero-order valence-electron chi connectivity index (χ0n) is 13.1. The van der Waals surface area contributed by atoms with Gasteiger partial charge in [0, 0.05) is 24.7 Å². The van der Waals surface area contributed by atoms with Crippen LogP contribution in [0, 0.1) is 5.92 Å². The first-order valence-corrected chi connectivity index (χ1v) is 8.22. The molecule has 1 fully saturated rings. The molecule has 2 rings (SSSR count). The molecule has 0 aromatic heterocycles. The summed E-state index contributed by atoms with van der Waals surface area (Å²) < 4.78 is 11.8. The average Bonchev–Trinajstić information content (AvgIpc) is 2.50. The number of nitrogens with two attached hydrogens (primary N) is 1. The number of halogens is 1. The van der Waals surface area contributed by atoms with Crippen LogP contribution in [-0.4, -0.2) is 38.3 Å². The van der Waals surface area contributed by atoms with E-state index in [0.717, 1.165) is 40.5 Å². The summed E-state index contributed by atoms with van der Waals surface area (Å²) in [6.07, 6.45) is 2.40. The summed E-state index contributed by atoms with van der Waals surface area (Å²) >= 11 is 3.50. The molecule has 0 radical (unpaired) electrons. The number of rotatable bonds is 5. The van der Waals surface area contributed by atoms with Gasteiger partial charge in [0.2, 0.25) is 0 Å². The molecule has 0 saturated carbocycles. The minimum absolute atomic E-state index is 0.452. The fourth-order valence-corrected chi connectivity index (χ4v) is 3.50. The van der Waals surface area contributed by atoms with Crippen molar-refractivity contribution in [2.24, 2.45) is 11.7 Å². The van der Waals surface area contributed by atoms with Gasteiger partial charge < -0.3 is 15.2 Å². The van der Waals surface area contributed by atoms with Crippen molar-refractivity contribution in [1.82, 2.24) is 4.90 Å². The lowest BCUT2D eigenvalue weighted by Crippen LogP contribution is -2.45. The van der Waals surface area contributed by atoms with Crippen molar-refractivity contribution >= 4 is 15.9 Å². The lowest BCUT2D eigenvalue weighted by molar-refractivity contribution is 0.114.